The number of ether oxygens (including phenoxy) is 2. The van der Waals surface area contributed by atoms with Crippen molar-refractivity contribution < 1.29 is 19.4 Å². The van der Waals surface area contributed by atoms with Gasteiger partial charge >= 0.3 is 6.09 Å². The van der Waals surface area contributed by atoms with Crippen molar-refractivity contribution in [1.82, 2.24) is 9.80 Å². The summed E-state index contributed by atoms with van der Waals surface area (Å²) in [7, 11) is 1.60. The molecule has 1 aliphatic heterocycles. The Morgan fingerprint density at radius 3 is 2.53 bits per heavy atom. The van der Waals surface area contributed by atoms with Gasteiger partial charge in [-0.25, -0.2) is 4.79 Å². The maximum absolute atomic E-state index is 12.9. The molecule has 0 aliphatic carbocycles. The van der Waals surface area contributed by atoms with Crippen LogP contribution in [0, 0.1) is 0 Å². The van der Waals surface area contributed by atoms with E-state index in [2.05, 4.69) is 17.0 Å². The van der Waals surface area contributed by atoms with E-state index in [1.807, 2.05) is 63.2 Å². The molecule has 162 valence electrons. The molecular weight excluding hydrogens is 380 g/mol. The number of nitrogens with zero attached hydrogens (tertiary/aromatic N) is 2. The third-order valence-electron chi connectivity index (χ3n) is 5.18. The van der Waals surface area contributed by atoms with Gasteiger partial charge in [0.1, 0.15) is 17.5 Å². The molecule has 1 N–H and O–H groups in total. The van der Waals surface area contributed by atoms with Gasteiger partial charge in [0.05, 0.1) is 13.2 Å². The number of hydrogen-bond acceptors (Lipinski definition) is 5. The second kappa shape index (κ2) is 9.49. The predicted molar refractivity (Wildman–Crippen MR) is 116 cm³/mol. The molecule has 1 saturated heterocycles. The number of aliphatic hydroxyl groups is 1. The molecule has 1 amide bonds. The molecule has 0 radical (unpaired) electrons. The van der Waals surface area contributed by atoms with E-state index >= 15 is 0 Å². The van der Waals surface area contributed by atoms with Gasteiger partial charge in [-0.3, -0.25) is 9.80 Å². The lowest BCUT2D eigenvalue weighted by molar-refractivity contribution is -0.0342. The van der Waals surface area contributed by atoms with Gasteiger partial charge in [0, 0.05) is 26.2 Å². The van der Waals surface area contributed by atoms with Crippen molar-refractivity contribution in [2.45, 2.75) is 45.1 Å². The third-order valence-corrected chi connectivity index (χ3v) is 5.18. The smallest absolute Gasteiger partial charge is 0.410 e. The quantitative estimate of drug-likeness (QED) is 0.808. The van der Waals surface area contributed by atoms with E-state index in [1.54, 1.807) is 12.0 Å². The number of rotatable bonds is 5. The van der Waals surface area contributed by atoms with Crippen molar-refractivity contribution in [3.8, 4) is 5.75 Å². The minimum Gasteiger partial charge on any atom is -0.497 e. The number of benzene rings is 2. The Bertz CT molecular complexity index is 835. The Balaban J connectivity index is 1.82. The van der Waals surface area contributed by atoms with Crippen molar-refractivity contribution in [2.75, 3.05) is 26.7 Å². The third kappa shape index (κ3) is 5.74. The average molecular weight is 413 g/mol. The maximum Gasteiger partial charge on any atom is 0.410 e. The summed E-state index contributed by atoms with van der Waals surface area (Å²) in [4.78, 5) is 16.8. The van der Waals surface area contributed by atoms with Crippen LogP contribution in [0.1, 0.15) is 38.0 Å². The minimum atomic E-state index is -0.855. The average Bonchev–Trinajstić information content (AvgIpc) is 2.72. The van der Waals surface area contributed by atoms with Crippen molar-refractivity contribution in [3.05, 3.63) is 65.7 Å². The van der Waals surface area contributed by atoms with Crippen LogP contribution in [0.4, 0.5) is 4.79 Å². The highest BCUT2D eigenvalue weighted by molar-refractivity contribution is 5.69. The summed E-state index contributed by atoms with van der Waals surface area (Å²) in [5.74, 6) is 0.673. The molecule has 1 aliphatic rings. The maximum atomic E-state index is 12.9. The topological polar surface area (TPSA) is 62.2 Å². The molecular formula is C24H32N2O4. The molecule has 0 aromatic heterocycles. The van der Waals surface area contributed by atoms with Crippen LogP contribution in [-0.4, -0.2) is 59.4 Å². The van der Waals surface area contributed by atoms with Gasteiger partial charge in [0.15, 0.2) is 0 Å². The highest BCUT2D eigenvalue weighted by Crippen LogP contribution is 2.28. The van der Waals surface area contributed by atoms with E-state index in [4.69, 9.17) is 9.47 Å². The predicted octanol–water partition coefficient (Wildman–Crippen LogP) is 3.85. The van der Waals surface area contributed by atoms with Crippen LogP contribution in [0.15, 0.2) is 54.6 Å². The van der Waals surface area contributed by atoms with E-state index in [9.17, 15) is 9.90 Å². The Morgan fingerprint density at radius 1 is 1.13 bits per heavy atom. The fraction of sp³-hybridized carbons (Fsp3) is 0.458. The molecule has 2 aromatic carbocycles. The summed E-state index contributed by atoms with van der Waals surface area (Å²) < 4.78 is 10.9. The fourth-order valence-corrected chi connectivity index (χ4v) is 3.72. The minimum absolute atomic E-state index is 0.395. The van der Waals surface area contributed by atoms with E-state index in [-0.39, 0.29) is 0 Å². The van der Waals surface area contributed by atoms with Gasteiger partial charge in [-0.05, 0) is 44.0 Å². The Labute approximate surface area is 179 Å². The van der Waals surface area contributed by atoms with E-state index in [0.717, 1.165) is 18.7 Å². The van der Waals surface area contributed by atoms with E-state index < -0.39 is 23.8 Å². The van der Waals surface area contributed by atoms with Gasteiger partial charge in [0.2, 0.25) is 0 Å². The highest BCUT2D eigenvalue weighted by atomic mass is 16.6. The lowest BCUT2D eigenvalue weighted by Gasteiger charge is -2.43. The lowest BCUT2D eigenvalue weighted by Crippen LogP contribution is -2.57. The molecule has 0 spiro atoms. The van der Waals surface area contributed by atoms with Crippen LogP contribution < -0.4 is 4.74 Å². The molecule has 0 bridgehead atoms. The van der Waals surface area contributed by atoms with Crippen LogP contribution in [0.3, 0.4) is 0 Å². The zero-order valence-electron chi connectivity index (χ0n) is 18.2. The second-order valence-corrected chi connectivity index (χ2v) is 8.68. The molecule has 1 unspecified atom stereocenters. The Hall–Kier alpha value is -2.57. The first-order valence-electron chi connectivity index (χ1n) is 10.3. The summed E-state index contributed by atoms with van der Waals surface area (Å²) in [6, 6.07) is 17.2. The largest absolute Gasteiger partial charge is 0.497 e. The zero-order chi connectivity index (χ0) is 21.7. The molecule has 3 rings (SSSR count). The monoisotopic (exact) mass is 412 g/mol. The van der Waals surface area contributed by atoms with Crippen LogP contribution in [0.25, 0.3) is 0 Å². The molecule has 6 heteroatoms. The summed E-state index contributed by atoms with van der Waals surface area (Å²) in [6.07, 6.45) is -1.25. The molecule has 6 nitrogen and oxygen atoms in total. The normalized spacial score (nSPS) is 18.7. The number of aliphatic hydroxyl groups excluding tert-OH is 1. The first kappa shape index (κ1) is 22.1. The van der Waals surface area contributed by atoms with Crippen LogP contribution in [0.2, 0.25) is 0 Å². The lowest BCUT2D eigenvalue weighted by atomic mass is 9.98. The molecule has 2 aromatic rings. The summed E-state index contributed by atoms with van der Waals surface area (Å²) in [5.41, 5.74) is 1.33. The van der Waals surface area contributed by atoms with Gasteiger partial charge in [-0.15, -0.1) is 0 Å². The van der Waals surface area contributed by atoms with Crippen molar-refractivity contribution in [2.24, 2.45) is 0 Å². The SMILES string of the molecule is COc1cccc(C(O)[C@@H]2CN(Cc3ccccc3)CCN2C(=O)OC(C)(C)C)c1. The van der Waals surface area contributed by atoms with Gasteiger partial charge in [-0.1, -0.05) is 42.5 Å². The summed E-state index contributed by atoms with van der Waals surface area (Å²) in [6.45, 7) is 8.08. The molecule has 30 heavy (non-hydrogen) atoms. The molecule has 0 saturated carbocycles. The molecule has 1 fully saturated rings. The highest BCUT2D eigenvalue weighted by Gasteiger charge is 2.38. The van der Waals surface area contributed by atoms with Gasteiger partial charge < -0.3 is 14.6 Å². The number of hydrogen-bond donors (Lipinski definition) is 1. The number of piperazine rings is 1. The number of carbonyl (C=O) groups is 1. The van der Waals surface area contributed by atoms with Crippen molar-refractivity contribution >= 4 is 6.09 Å². The number of amides is 1. The van der Waals surface area contributed by atoms with Crippen LogP contribution in [0.5, 0.6) is 5.75 Å². The summed E-state index contributed by atoms with van der Waals surface area (Å²) >= 11 is 0. The Morgan fingerprint density at radius 2 is 1.87 bits per heavy atom. The van der Waals surface area contributed by atoms with Crippen LogP contribution >= 0.6 is 0 Å². The summed E-state index contributed by atoms with van der Waals surface area (Å²) in [5, 5.41) is 11.2. The zero-order valence-corrected chi connectivity index (χ0v) is 18.2. The van der Waals surface area contributed by atoms with Gasteiger partial charge in [-0.2, -0.15) is 0 Å². The van der Waals surface area contributed by atoms with Crippen molar-refractivity contribution in [1.29, 1.82) is 0 Å². The van der Waals surface area contributed by atoms with E-state index in [0.29, 0.717) is 18.8 Å². The first-order chi connectivity index (χ1) is 14.3. The van der Waals surface area contributed by atoms with Crippen molar-refractivity contribution in [3.63, 3.8) is 0 Å². The molecule has 1 heterocycles. The second-order valence-electron chi connectivity index (χ2n) is 8.68. The van der Waals surface area contributed by atoms with Crippen LogP contribution in [-0.2, 0) is 11.3 Å². The van der Waals surface area contributed by atoms with Gasteiger partial charge in [0.25, 0.3) is 0 Å². The fourth-order valence-electron chi connectivity index (χ4n) is 3.72. The Kier molecular flexibility index (Phi) is 7.00. The number of carbonyl (C=O) groups excluding carboxylic acids is 1. The molecule has 2 atom stereocenters. The standard InChI is InChI=1S/C24H32N2O4/c1-24(2,3)30-23(28)26-14-13-25(16-18-9-6-5-7-10-18)17-21(26)22(27)19-11-8-12-20(15-19)29-4/h5-12,15,21-22,27H,13-14,16-17H2,1-4H3/t21-,22?/m0/s1. The number of methoxy groups -OCH3 is 1. The van der Waals surface area contributed by atoms with E-state index in [1.165, 1.54) is 5.56 Å². The first-order valence-corrected chi connectivity index (χ1v) is 10.3.